The zero-order valence-electron chi connectivity index (χ0n) is 65.7. The van der Waals surface area contributed by atoms with E-state index in [1.54, 1.807) is 0 Å². The van der Waals surface area contributed by atoms with Crippen LogP contribution in [-0.4, -0.2) is 39.0 Å². The quantitative estimate of drug-likeness (QED) is 0.128. The summed E-state index contributed by atoms with van der Waals surface area (Å²) < 4.78 is 9.66. The minimum Gasteiger partial charge on any atom is -0.309 e. The molecule has 0 bridgehead atoms. The molecule has 0 saturated heterocycles. The van der Waals surface area contributed by atoms with Crippen LogP contribution < -0.4 is 0 Å². The molecule has 0 aliphatic rings. The van der Waals surface area contributed by atoms with Gasteiger partial charge in [-0.05, 0) is 130 Å². The van der Waals surface area contributed by atoms with Crippen molar-refractivity contribution in [3.63, 3.8) is 0 Å². The molecule has 0 N–H and O–H groups in total. The number of pyridine rings is 2. The van der Waals surface area contributed by atoms with Gasteiger partial charge in [0.15, 0.2) is 11.6 Å². The lowest BCUT2D eigenvalue weighted by molar-refractivity contribution is 1.16. The number of nitrogens with zero attached hydrogens (tertiary/aromatic N) is 8. The maximum absolute atomic E-state index is 5.37. The molecule has 0 atom stereocenters. The zero-order chi connectivity index (χ0) is 80.3. The van der Waals surface area contributed by atoms with E-state index >= 15 is 0 Å². The highest BCUT2D eigenvalue weighted by Crippen LogP contribution is 2.49. The van der Waals surface area contributed by atoms with Crippen molar-refractivity contribution in [2.24, 2.45) is 0 Å². The average Bonchev–Trinajstić information content (AvgIpc) is 1.55. The van der Waals surface area contributed by atoms with Crippen molar-refractivity contribution < 1.29 is 0 Å². The molecule has 0 fully saturated rings. The second-order valence-electron chi connectivity index (χ2n) is 31.0. The second-order valence-corrected chi connectivity index (χ2v) is 33.1. The van der Waals surface area contributed by atoms with Gasteiger partial charge in [0.25, 0.3) is 0 Å². The van der Waals surface area contributed by atoms with E-state index in [0.717, 1.165) is 117 Å². The van der Waals surface area contributed by atoms with Crippen LogP contribution in [0.3, 0.4) is 0 Å². The summed E-state index contributed by atoms with van der Waals surface area (Å²) in [6.45, 7) is 0. The number of para-hydroxylation sites is 6. The van der Waals surface area contributed by atoms with Crippen molar-refractivity contribution in [1.29, 1.82) is 0 Å². The Balaban J connectivity index is 0.000000139. The number of hydrogen-bond donors (Lipinski definition) is 0. The van der Waals surface area contributed by atoms with E-state index in [0.29, 0.717) is 11.6 Å². The van der Waals surface area contributed by atoms with E-state index in [2.05, 4.69) is 397 Å². The smallest absolute Gasteiger partial charge is 0.160 e. The molecule has 8 heterocycles. The summed E-state index contributed by atoms with van der Waals surface area (Å²) in [4.78, 5) is 31.7. The zero-order valence-corrected chi connectivity index (χ0v) is 67.3. The minimum absolute atomic E-state index is 0.682. The first-order valence-corrected chi connectivity index (χ1v) is 42.8. The van der Waals surface area contributed by atoms with Crippen molar-refractivity contribution in [3.8, 4) is 113 Å². The Bertz CT molecular complexity index is 8410. The molecule has 0 saturated carbocycles. The van der Waals surface area contributed by atoms with Crippen molar-refractivity contribution in [3.05, 3.63) is 413 Å². The Morgan fingerprint density at radius 1 is 0.189 bits per heavy atom. The van der Waals surface area contributed by atoms with Crippen LogP contribution in [0.25, 0.3) is 240 Å². The third kappa shape index (κ3) is 11.9. The summed E-state index contributed by atoms with van der Waals surface area (Å²) in [5, 5.41) is 17.1. The number of hydrogen-bond acceptors (Lipinski definition) is 8. The van der Waals surface area contributed by atoms with Gasteiger partial charge in [0.2, 0.25) is 0 Å². The van der Waals surface area contributed by atoms with E-state index in [-0.39, 0.29) is 0 Å². The average molecular weight is 1590 g/mol. The van der Waals surface area contributed by atoms with Crippen LogP contribution in [0.5, 0.6) is 0 Å². The van der Waals surface area contributed by atoms with Gasteiger partial charge in [-0.1, -0.05) is 315 Å². The number of fused-ring (bicyclic) bond motifs is 18. The SMILES string of the molecule is c1ccc(-c2cc(-c3ccc(-c4nc5ccccc5c5c4sc4ccccc45)c4ccccc34)nc(-c3ccc(-n4c5ccccc5c5ccccc54)cc3)n2)cc1.c1ccc(-c2nc(-c3ccc(-c4ccc(-c5nc6ccccc6c6c5sc5ccccc56)c5ccccc45)cc3)cc(-c3cccc(-n4c5ccccc5c5ccccc54)c3)n2)cc1. The molecule has 122 heavy (non-hydrogen) atoms. The molecule has 0 spiro atoms. The van der Waals surface area contributed by atoms with Gasteiger partial charge in [-0.3, -0.25) is 0 Å². The molecular weight excluding hydrogens is 1520 g/mol. The van der Waals surface area contributed by atoms with Gasteiger partial charge in [-0.2, -0.15) is 0 Å². The molecule has 25 aromatic rings. The Kier molecular flexibility index (Phi) is 16.8. The third-order valence-corrected chi connectivity index (χ3v) is 26.4. The molecule has 568 valence electrons. The molecule has 0 unspecified atom stereocenters. The Hall–Kier alpha value is -15.7. The molecule has 0 amide bonds. The predicted octanol–water partition coefficient (Wildman–Crippen LogP) is 30.3. The number of benzene rings is 17. The topological polar surface area (TPSA) is 87.2 Å². The summed E-state index contributed by atoms with van der Waals surface area (Å²) in [6.07, 6.45) is 0. The Morgan fingerprint density at radius 2 is 0.516 bits per heavy atom. The van der Waals surface area contributed by atoms with Crippen LogP contribution in [-0.2, 0) is 0 Å². The molecule has 0 radical (unpaired) electrons. The predicted molar refractivity (Wildman–Crippen MR) is 513 cm³/mol. The van der Waals surface area contributed by atoms with Crippen LogP contribution >= 0.6 is 22.7 Å². The standard InChI is InChI=1S/C59H36N4S.C53H32N4S/c1-2-15-39(16-3-1)59-61-51(36-52(62-59)40-17-14-18-41(35-40)63-53-26-11-7-21-45(53)46-22-8-12-27-54(46)63)38-31-29-37(30-32-38)42-33-34-47(44-20-5-4-19-43(42)44)57-58-56(48-23-6-10-25-50(48)60-57)49-24-9-13-28-55(49)64-58;1-2-14-33(15-3-1)45-32-46(56-53(55-45)34-26-28-35(29-27-34)57-47-23-11-7-18-39(47)40-19-8-12-24-48(40)57)38-30-31-41(37-17-5-4-16-36(37)38)51-52-50(42-20-6-10-22-44(42)54-51)43-21-9-13-25-49(43)58-52/h1-36H;1-32H. The van der Waals surface area contributed by atoms with Crippen LogP contribution in [0, 0.1) is 0 Å². The van der Waals surface area contributed by atoms with Crippen molar-refractivity contribution in [2.75, 3.05) is 0 Å². The highest BCUT2D eigenvalue weighted by Gasteiger charge is 2.24. The van der Waals surface area contributed by atoms with Crippen LogP contribution in [0.4, 0.5) is 0 Å². The van der Waals surface area contributed by atoms with E-state index in [1.807, 2.05) is 46.9 Å². The summed E-state index contributed by atoms with van der Waals surface area (Å²) in [7, 11) is 0. The molecule has 17 aromatic carbocycles. The first-order valence-electron chi connectivity index (χ1n) is 41.1. The van der Waals surface area contributed by atoms with Gasteiger partial charge >= 0.3 is 0 Å². The van der Waals surface area contributed by atoms with Crippen LogP contribution in [0.15, 0.2) is 413 Å². The van der Waals surface area contributed by atoms with E-state index in [1.165, 1.54) is 111 Å². The largest absolute Gasteiger partial charge is 0.309 e. The molecule has 10 heteroatoms. The summed E-state index contributed by atoms with van der Waals surface area (Å²) in [5.41, 5.74) is 25.1. The van der Waals surface area contributed by atoms with E-state index < -0.39 is 0 Å². The summed E-state index contributed by atoms with van der Waals surface area (Å²) in [6, 6.07) is 147. The Morgan fingerprint density at radius 3 is 1.02 bits per heavy atom. The van der Waals surface area contributed by atoms with Gasteiger partial charge in [-0.25, -0.2) is 29.9 Å². The maximum Gasteiger partial charge on any atom is 0.160 e. The highest BCUT2D eigenvalue weighted by atomic mass is 32.1. The fraction of sp³-hybridized carbons (Fsp3) is 0. The molecule has 8 nitrogen and oxygen atoms in total. The highest BCUT2D eigenvalue weighted by molar-refractivity contribution is 7.27. The molecule has 0 aliphatic heterocycles. The van der Waals surface area contributed by atoms with Gasteiger partial charge in [-0.15, -0.1) is 22.7 Å². The van der Waals surface area contributed by atoms with Crippen LogP contribution in [0.2, 0.25) is 0 Å². The van der Waals surface area contributed by atoms with E-state index in [9.17, 15) is 0 Å². The first kappa shape index (κ1) is 70.5. The second kappa shape index (κ2) is 29.1. The fourth-order valence-electron chi connectivity index (χ4n) is 18.4. The summed E-state index contributed by atoms with van der Waals surface area (Å²) in [5.74, 6) is 1.37. The first-order chi connectivity index (χ1) is 60.5. The molecular formula is C112H68N8S2. The lowest BCUT2D eigenvalue weighted by Gasteiger charge is -2.15. The van der Waals surface area contributed by atoms with E-state index in [4.69, 9.17) is 29.9 Å². The van der Waals surface area contributed by atoms with Gasteiger partial charge in [0, 0.05) is 119 Å². The molecule has 0 aliphatic carbocycles. The van der Waals surface area contributed by atoms with Crippen molar-refractivity contribution >= 4 is 150 Å². The molecule has 8 aromatic heterocycles. The fourth-order valence-corrected chi connectivity index (χ4v) is 20.9. The minimum atomic E-state index is 0.682. The number of thiophene rings is 2. The lowest BCUT2D eigenvalue weighted by atomic mass is 9.92. The van der Waals surface area contributed by atoms with Gasteiger partial charge in [0.05, 0.1) is 76.7 Å². The van der Waals surface area contributed by atoms with Gasteiger partial charge < -0.3 is 9.13 Å². The lowest BCUT2D eigenvalue weighted by Crippen LogP contribution is -1.98. The van der Waals surface area contributed by atoms with Crippen molar-refractivity contribution in [2.45, 2.75) is 0 Å². The number of rotatable bonds is 11. The van der Waals surface area contributed by atoms with Crippen molar-refractivity contribution in [1.82, 2.24) is 39.0 Å². The monoisotopic (exact) mass is 1590 g/mol. The van der Waals surface area contributed by atoms with Gasteiger partial charge in [0.1, 0.15) is 0 Å². The Labute approximate surface area is 709 Å². The third-order valence-electron chi connectivity index (χ3n) is 24.1. The normalized spacial score (nSPS) is 11.8. The molecule has 25 rings (SSSR count). The number of aromatic nitrogens is 8. The van der Waals surface area contributed by atoms with Crippen LogP contribution in [0.1, 0.15) is 0 Å². The summed E-state index contributed by atoms with van der Waals surface area (Å²) >= 11 is 3.65. The maximum atomic E-state index is 5.37.